The molecule has 0 aromatic rings. The fourth-order valence-corrected chi connectivity index (χ4v) is 3.90. The van der Waals surface area contributed by atoms with Crippen LogP contribution in [-0.4, -0.2) is 39.6 Å². The molecule has 18 heavy (non-hydrogen) atoms. The Hall–Kier alpha value is -0.890. The van der Waals surface area contributed by atoms with Gasteiger partial charge in [0.15, 0.2) is 0 Å². The van der Waals surface area contributed by atoms with Crippen LogP contribution in [0, 0.1) is 16.7 Å². The standard InChI is InChI=1S/C13H20N2O2S/c14-11-13(5-3-1-2-4-6-13)12(16)15-7-9-18(17)10-8-15/h1-10H2. The number of amides is 1. The Balaban J connectivity index is 2.09. The third-order valence-corrected chi connectivity index (χ3v) is 5.32. The Morgan fingerprint density at radius 1 is 1.11 bits per heavy atom. The highest BCUT2D eigenvalue weighted by molar-refractivity contribution is 7.85. The van der Waals surface area contributed by atoms with Crippen molar-refractivity contribution in [1.82, 2.24) is 4.90 Å². The second-order valence-electron chi connectivity index (χ2n) is 5.25. The van der Waals surface area contributed by atoms with E-state index in [9.17, 15) is 14.3 Å². The van der Waals surface area contributed by atoms with Crippen LogP contribution in [0.1, 0.15) is 38.5 Å². The molecule has 1 saturated heterocycles. The summed E-state index contributed by atoms with van der Waals surface area (Å²) in [6.07, 6.45) is 5.59. The van der Waals surface area contributed by atoms with E-state index < -0.39 is 16.2 Å². The first-order valence-electron chi connectivity index (χ1n) is 6.73. The van der Waals surface area contributed by atoms with E-state index in [0.29, 0.717) is 37.4 Å². The van der Waals surface area contributed by atoms with E-state index in [1.165, 1.54) is 0 Å². The number of nitriles is 1. The highest BCUT2D eigenvalue weighted by Gasteiger charge is 2.42. The van der Waals surface area contributed by atoms with Gasteiger partial charge >= 0.3 is 0 Å². The van der Waals surface area contributed by atoms with Crippen LogP contribution in [-0.2, 0) is 15.6 Å². The molecular formula is C13H20N2O2S. The molecule has 1 saturated carbocycles. The molecule has 0 unspecified atom stereocenters. The van der Waals surface area contributed by atoms with Crippen LogP contribution in [0.3, 0.4) is 0 Å². The number of hydrogen-bond donors (Lipinski definition) is 0. The predicted molar refractivity (Wildman–Crippen MR) is 70.2 cm³/mol. The quantitative estimate of drug-likeness (QED) is 0.676. The summed E-state index contributed by atoms with van der Waals surface area (Å²) >= 11 is 0. The van der Waals surface area contributed by atoms with E-state index in [4.69, 9.17) is 0 Å². The molecule has 0 N–H and O–H groups in total. The van der Waals surface area contributed by atoms with E-state index in [-0.39, 0.29) is 5.91 Å². The highest BCUT2D eigenvalue weighted by atomic mass is 32.2. The number of carbonyl (C=O) groups excluding carboxylic acids is 1. The molecule has 2 aliphatic rings. The van der Waals surface area contributed by atoms with E-state index >= 15 is 0 Å². The lowest BCUT2D eigenvalue weighted by Gasteiger charge is -2.33. The van der Waals surface area contributed by atoms with Gasteiger partial charge in [-0.1, -0.05) is 25.7 Å². The molecule has 1 aliphatic carbocycles. The van der Waals surface area contributed by atoms with Crippen LogP contribution in [0.15, 0.2) is 0 Å². The van der Waals surface area contributed by atoms with Crippen LogP contribution in [0.5, 0.6) is 0 Å². The molecule has 1 heterocycles. The molecule has 0 radical (unpaired) electrons. The zero-order valence-electron chi connectivity index (χ0n) is 10.7. The van der Waals surface area contributed by atoms with Crippen molar-refractivity contribution in [3.05, 3.63) is 0 Å². The molecule has 5 heteroatoms. The monoisotopic (exact) mass is 268 g/mol. The van der Waals surface area contributed by atoms with Gasteiger partial charge in [0.2, 0.25) is 5.91 Å². The van der Waals surface area contributed by atoms with Gasteiger partial charge in [0.1, 0.15) is 5.41 Å². The summed E-state index contributed by atoms with van der Waals surface area (Å²) < 4.78 is 11.3. The first-order chi connectivity index (χ1) is 8.68. The van der Waals surface area contributed by atoms with Gasteiger partial charge in [0.05, 0.1) is 6.07 Å². The van der Waals surface area contributed by atoms with Gasteiger partial charge in [-0.25, -0.2) is 0 Å². The molecule has 0 bridgehead atoms. The topological polar surface area (TPSA) is 61.2 Å². The molecule has 0 atom stereocenters. The average molecular weight is 268 g/mol. The first-order valence-corrected chi connectivity index (χ1v) is 8.22. The van der Waals surface area contributed by atoms with E-state index in [1.807, 2.05) is 0 Å². The van der Waals surface area contributed by atoms with Gasteiger partial charge < -0.3 is 4.90 Å². The minimum absolute atomic E-state index is 0.0106. The van der Waals surface area contributed by atoms with E-state index in [2.05, 4.69) is 6.07 Å². The highest BCUT2D eigenvalue weighted by Crippen LogP contribution is 2.36. The maximum Gasteiger partial charge on any atom is 0.243 e. The van der Waals surface area contributed by atoms with Gasteiger partial charge in [-0.3, -0.25) is 9.00 Å². The first kappa shape index (κ1) is 13.5. The maximum atomic E-state index is 12.6. The largest absolute Gasteiger partial charge is 0.339 e. The van der Waals surface area contributed by atoms with E-state index in [1.54, 1.807) is 4.90 Å². The lowest BCUT2D eigenvalue weighted by molar-refractivity contribution is -0.139. The Bertz CT molecular complexity index is 371. The van der Waals surface area contributed by atoms with Crippen LogP contribution in [0.2, 0.25) is 0 Å². The Labute approximate surface area is 111 Å². The molecule has 100 valence electrons. The fourth-order valence-electron chi connectivity index (χ4n) is 2.85. The number of hydrogen-bond acceptors (Lipinski definition) is 3. The summed E-state index contributed by atoms with van der Waals surface area (Å²) in [7, 11) is -0.778. The van der Waals surface area contributed by atoms with Gasteiger partial charge in [-0.2, -0.15) is 5.26 Å². The summed E-state index contributed by atoms with van der Waals surface area (Å²) in [5.74, 6) is 1.11. The Morgan fingerprint density at radius 2 is 1.67 bits per heavy atom. The summed E-state index contributed by atoms with van der Waals surface area (Å²) in [5.41, 5.74) is -0.796. The minimum atomic E-state index is -0.796. The van der Waals surface area contributed by atoms with Crippen molar-refractivity contribution in [2.75, 3.05) is 24.6 Å². The number of rotatable bonds is 1. The SMILES string of the molecule is N#CC1(C(=O)N2CCS(=O)CC2)CCCCCC1. The molecule has 4 nitrogen and oxygen atoms in total. The van der Waals surface area contributed by atoms with E-state index in [0.717, 1.165) is 25.7 Å². The van der Waals surface area contributed by atoms with Crippen molar-refractivity contribution >= 4 is 16.7 Å². The summed E-state index contributed by atoms with van der Waals surface area (Å²) in [6, 6.07) is 2.30. The molecule has 1 amide bonds. The van der Waals surface area contributed by atoms with Crippen molar-refractivity contribution < 1.29 is 9.00 Å². The van der Waals surface area contributed by atoms with Crippen LogP contribution >= 0.6 is 0 Å². The van der Waals surface area contributed by atoms with Crippen molar-refractivity contribution in [2.24, 2.45) is 5.41 Å². The molecule has 2 fully saturated rings. The lowest BCUT2D eigenvalue weighted by atomic mass is 9.80. The number of carbonyl (C=O) groups is 1. The van der Waals surface area contributed by atoms with Gasteiger partial charge in [0, 0.05) is 35.4 Å². The molecule has 1 aliphatic heterocycles. The zero-order valence-corrected chi connectivity index (χ0v) is 11.5. The van der Waals surface area contributed by atoms with Crippen LogP contribution < -0.4 is 0 Å². The van der Waals surface area contributed by atoms with Crippen LogP contribution in [0.4, 0.5) is 0 Å². The predicted octanol–water partition coefficient (Wildman–Crippen LogP) is 1.44. The van der Waals surface area contributed by atoms with Crippen LogP contribution in [0.25, 0.3) is 0 Å². The third kappa shape index (κ3) is 2.74. The summed E-state index contributed by atoms with van der Waals surface area (Å²) in [4.78, 5) is 14.3. The molecule has 2 rings (SSSR count). The third-order valence-electron chi connectivity index (χ3n) is 4.05. The average Bonchev–Trinajstić information content (AvgIpc) is 2.65. The summed E-state index contributed by atoms with van der Waals surface area (Å²) in [6.45, 7) is 1.10. The molecule has 0 spiro atoms. The Kier molecular flexibility index (Phi) is 4.39. The smallest absolute Gasteiger partial charge is 0.243 e. The van der Waals surface area contributed by atoms with Crippen molar-refractivity contribution in [1.29, 1.82) is 5.26 Å². The van der Waals surface area contributed by atoms with Crippen molar-refractivity contribution in [2.45, 2.75) is 38.5 Å². The lowest BCUT2D eigenvalue weighted by Crippen LogP contribution is -2.48. The van der Waals surface area contributed by atoms with Crippen molar-refractivity contribution in [3.63, 3.8) is 0 Å². The normalized spacial score (nSPS) is 25.2. The molecule has 0 aromatic carbocycles. The fraction of sp³-hybridized carbons (Fsp3) is 0.846. The Morgan fingerprint density at radius 3 is 2.17 bits per heavy atom. The van der Waals surface area contributed by atoms with Crippen molar-refractivity contribution in [3.8, 4) is 6.07 Å². The molecular weight excluding hydrogens is 248 g/mol. The second-order valence-corrected chi connectivity index (χ2v) is 6.94. The number of nitrogens with zero attached hydrogens (tertiary/aromatic N) is 2. The van der Waals surface area contributed by atoms with Gasteiger partial charge in [0.25, 0.3) is 0 Å². The second kappa shape index (κ2) is 5.83. The van der Waals surface area contributed by atoms with Gasteiger partial charge in [-0.15, -0.1) is 0 Å². The van der Waals surface area contributed by atoms with Gasteiger partial charge in [-0.05, 0) is 12.8 Å². The summed E-state index contributed by atoms with van der Waals surface area (Å²) in [5, 5.41) is 9.46. The maximum absolute atomic E-state index is 12.6. The zero-order chi connectivity index (χ0) is 13.0. The minimum Gasteiger partial charge on any atom is -0.339 e. The molecule has 0 aromatic heterocycles.